The van der Waals surface area contributed by atoms with Crippen LogP contribution in [0.4, 0.5) is 17.5 Å². The van der Waals surface area contributed by atoms with E-state index in [0.717, 1.165) is 17.3 Å². The van der Waals surface area contributed by atoms with E-state index in [1.54, 1.807) is 13.3 Å². The van der Waals surface area contributed by atoms with Gasteiger partial charge in [0, 0.05) is 17.9 Å². The van der Waals surface area contributed by atoms with Gasteiger partial charge >= 0.3 is 0 Å². The number of nitrogens with zero attached hydrogens (tertiary/aromatic N) is 2. The molecule has 0 amide bonds. The summed E-state index contributed by atoms with van der Waals surface area (Å²) in [5, 5.41) is 6.78. The molecule has 0 spiro atoms. The van der Waals surface area contributed by atoms with Crippen LogP contribution in [0.15, 0.2) is 36.5 Å². The zero-order valence-corrected chi connectivity index (χ0v) is 13.6. The van der Waals surface area contributed by atoms with Gasteiger partial charge in [-0.25, -0.2) is 4.98 Å². The van der Waals surface area contributed by atoms with E-state index in [1.807, 2.05) is 30.3 Å². The van der Waals surface area contributed by atoms with E-state index in [9.17, 15) is 0 Å². The molecule has 0 bridgehead atoms. The summed E-state index contributed by atoms with van der Waals surface area (Å²) in [5.41, 5.74) is 0.942. The van der Waals surface area contributed by atoms with E-state index < -0.39 is 0 Å². The van der Waals surface area contributed by atoms with Crippen LogP contribution in [0.2, 0.25) is 0 Å². The van der Waals surface area contributed by atoms with Gasteiger partial charge in [0.1, 0.15) is 11.6 Å². The molecule has 1 aromatic carbocycles. The topological polar surface area (TPSA) is 59.1 Å². The minimum Gasteiger partial charge on any atom is -0.497 e. The fourth-order valence-corrected chi connectivity index (χ4v) is 2.94. The summed E-state index contributed by atoms with van der Waals surface area (Å²) in [7, 11) is 1.66. The van der Waals surface area contributed by atoms with E-state index in [4.69, 9.17) is 4.74 Å². The van der Waals surface area contributed by atoms with E-state index >= 15 is 0 Å². The lowest BCUT2D eigenvalue weighted by Gasteiger charge is -2.17. The van der Waals surface area contributed by atoms with Gasteiger partial charge in [0.25, 0.3) is 0 Å². The first-order valence-electron chi connectivity index (χ1n) is 8.34. The molecule has 5 nitrogen and oxygen atoms in total. The Kier molecular flexibility index (Phi) is 5.29. The van der Waals surface area contributed by atoms with Crippen molar-refractivity contribution in [1.29, 1.82) is 0 Å². The smallest absolute Gasteiger partial charge is 0.229 e. The molecule has 23 heavy (non-hydrogen) atoms. The molecule has 1 aromatic heterocycles. The molecule has 1 fully saturated rings. The van der Waals surface area contributed by atoms with Crippen molar-refractivity contribution in [2.75, 3.05) is 17.7 Å². The Labute approximate surface area is 137 Å². The van der Waals surface area contributed by atoms with Crippen molar-refractivity contribution in [3.8, 4) is 5.75 Å². The molecule has 0 aliphatic heterocycles. The molecule has 5 heteroatoms. The Balaban J connectivity index is 1.64. The van der Waals surface area contributed by atoms with Gasteiger partial charge in [0.15, 0.2) is 0 Å². The number of benzene rings is 1. The number of nitrogens with one attached hydrogen (secondary N) is 2. The summed E-state index contributed by atoms with van der Waals surface area (Å²) in [4.78, 5) is 8.87. The van der Waals surface area contributed by atoms with Crippen LogP contribution in [0.1, 0.15) is 38.5 Å². The van der Waals surface area contributed by atoms with Crippen LogP contribution in [-0.2, 0) is 0 Å². The van der Waals surface area contributed by atoms with Crippen molar-refractivity contribution < 1.29 is 4.74 Å². The van der Waals surface area contributed by atoms with Crippen LogP contribution in [0, 0.1) is 0 Å². The zero-order valence-electron chi connectivity index (χ0n) is 13.6. The highest BCUT2D eigenvalue weighted by Crippen LogP contribution is 2.22. The second-order valence-corrected chi connectivity index (χ2v) is 5.95. The average molecular weight is 312 g/mol. The normalized spacial score (nSPS) is 15.7. The second-order valence-electron chi connectivity index (χ2n) is 5.95. The van der Waals surface area contributed by atoms with Crippen molar-refractivity contribution in [1.82, 2.24) is 9.97 Å². The average Bonchev–Trinajstić information content (AvgIpc) is 2.85. The minimum atomic E-state index is 0.529. The maximum atomic E-state index is 5.16. The van der Waals surface area contributed by atoms with Crippen molar-refractivity contribution >= 4 is 17.5 Å². The lowest BCUT2D eigenvalue weighted by Crippen LogP contribution is -2.19. The van der Waals surface area contributed by atoms with Gasteiger partial charge in [-0.2, -0.15) is 4.98 Å². The Bertz CT molecular complexity index is 607. The molecule has 0 saturated heterocycles. The van der Waals surface area contributed by atoms with Crippen LogP contribution in [-0.4, -0.2) is 23.1 Å². The predicted molar refractivity (Wildman–Crippen MR) is 93.4 cm³/mol. The summed E-state index contributed by atoms with van der Waals surface area (Å²) in [6.07, 6.45) is 9.56. The number of ether oxygens (including phenoxy) is 1. The standard InChI is InChI=1S/C18H24N4O/c1-23-16-10-8-15(9-11-16)21-18-19-13-12-17(22-18)20-14-6-4-2-3-5-7-14/h8-14H,2-7H2,1H3,(H2,19,20,21,22). The van der Waals surface area contributed by atoms with E-state index in [-0.39, 0.29) is 0 Å². The summed E-state index contributed by atoms with van der Waals surface area (Å²) >= 11 is 0. The molecule has 1 heterocycles. The fourth-order valence-electron chi connectivity index (χ4n) is 2.94. The number of methoxy groups -OCH3 is 1. The van der Waals surface area contributed by atoms with Crippen LogP contribution in [0.3, 0.4) is 0 Å². The highest BCUT2D eigenvalue weighted by molar-refractivity contribution is 5.55. The highest BCUT2D eigenvalue weighted by atomic mass is 16.5. The number of hydrogen-bond acceptors (Lipinski definition) is 5. The minimum absolute atomic E-state index is 0.529. The zero-order chi connectivity index (χ0) is 15.9. The van der Waals surface area contributed by atoms with Crippen molar-refractivity contribution in [2.45, 2.75) is 44.6 Å². The number of rotatable bonds is 5. The van der Waals surface area contributed by atoms with Crippen molar-refractivity contribution in [3.05, 3.63) is 36.5 Å². The summed E-state index contributed by atoms with van der Waals surface area (Å²) in [6, 6.07) is 10.2. The van der Waals surface area contributed by atoms with E-state index in [2.05, 4.69) is 20.6 Å². The lowest BCUT2D eigenvalue weighted by molar-refractivity contribution is 0.415. The van der Waals surface area contributed by atoms with Crippen molar-refractivity contribution in [2.24, 2.45) is 0 Å². The number of aromatic nitrogens is 2. The van der Waals surface area contributed by atoms with Gasteiger partial charge in [-0.15, -0.1) is 0 Å². The first-order valence-corrected chi connectivity index (χ1v) is 8.34. The molecule has 0 atom stereocenters. The monoisotopic (exact) mass is 312 g/mol. The van der Waals surface area contributed by atoms with Gasteiger partial charge in [-0.3, -0.25) is 0 Å². The van der Waals surface area contributed by atoms with E-state index in [0.29, 0.717) is 12.0 Å². The Morgan fingerprint density at radius 2 is 1.74 bits per heavy atom. The fraction of sp³-hybridized carbons (Fsp3) is 0.444. The van der Waals surface area contributed by atoms with E-state index in [1.165, 1.54) is 38.5 Å². The molecule has 0 unspecified atom stereocenters. The van der Waals surface area contributed by atoms with Crippen LogP contribution in [0.5, 0.6) is 5.75 Å². The van der Waals surface area contributed by atoms with Crippen LogP contribution >= 0.6 is 0 Å². The molecule has 2 aromatic rings. The van der Waals surface area contributed by atoms with Gasteiger partial charge < -0.3 is 15.4 Å². The summed E-state index contributed by atoms with van der Waals surface area (Å²) < 4.78 is 5.16. The maximum absolute atomic E-state index is 5.16. The summed E-state index contributed by atoms with van der Waals surface area (Å²) in [5.74, 6) is 2.33. The Morgan fingerprint density at radius 3 is 2.43 bits per heavy atom. The SMILES string of the molecule is COc1ccc(Nc2nccc(NC3CCCCCC3)n2)cc1. The molecule has 0 radical (unpaired) electrons. The molecule has 1 aliphatic rings. The molecular weight excluding hydrogens is 288 g/mol. The van der Waals surface area contributed by atoms with Crippen LogP contribution in [0.25, 0.3) is 0 Å². The molecule has 1 saturated carbocycles. The predicted octanol–water partition coefficient (Wildman–Crippen LogP) is 4.36. The molecular formula is C18H24N4O. The Morgan fingerprint density at radius 1 is 1.00 bits per heavy atom. The lowest BCUT2D eigenvalue weighted by atomic mass is 10.1. The molecule has 3 rings (SSSR count). The maximum Gasteiger partial charge on any atom is 0.229 e. The summed E-state index contributed by atoms with van der Waals surface area (Å²) in [6.45, 7) is 0. The molecule has 2 N–H and O–H groups in total. The second kappa shape index (κ2) is 7.81. The highest BCUT2D eigenvalue weighted by Gasteiger charge is 2.12. The molecule has 1 aliphatic carbocycles. The van der Waals surface area contributed by atoms with Crippen LogP contribution < -0.4 is 15.4 Å². The van der Waals surface area contributed by atoms with Gasteiger partial charge in [-0.05, 0) is 43.2 Å². The third-order valence-electron chi connectivity index (χ3n) is 4.21. The van der Waals surface area contributed by atoms with Gasteiger partial charge in [0.05, 0.1) is 7.11 Å². The Hall–Kier alpha value is -2.30. The van der Waals surface area contributed by atoms with Crippen molar-refractivity contribution in [3.63, 3.8) is 0 Å². The van der Waals surface area contributed by atoms with Gasteiger partial charge in [-0.1, -0.05) is 25.7 Å². The third kappa shape index (κ3) is 4.58. The first kappa shape index (κ1) is 15.6. The number of hydrogen-bond donors (Lipinski definition) is 2. The quantitative estimate of drug-likeness (QED) is 0.803. The first-order chi connectivity index (χ1) is 11.3. The molecule has 122 valence electrons. The third-order valence-corrected chi connectivity index (χ3v) is 4.21. The largest absolute Gasteiger partial charge is 0.497 e. The van der Waals surface area contributed by atoms with Gasteiger partial charge in [0.2, 0.25) is 5.95 Å². The number of anilines is 3.